The van der Waals surface area contributed by atoms with E-state index in [1.165, 1.54) is 57.8 Å². The zero-order chi connectivity index (χ0) is 30.1. The summed E-state index contributed by atoms with van der Waals surface area (Å²) >= 11 is 3.73. The Bertz CT molecular complexity index is 751. The van der Waals surface area contributed by atoms with Crippen molar-refractivity contribution in [1.29, 1.82) is 0 Å². The standard InChI is InChI=1S/C36H59O4.Fe/c1-3-5-7-9-11-13-15-17-19-21-23-25-27-29-31-33-35(37)39-40-36(38)34-32-30-28-26-24-22-20-18-16-14-12-10-8-6-4-2;/h11-14,17-20,31H,3-10,15-16,21-30,32,34H2,1-2H3;/q-1;+1/b13-11-,14-12-,19-17-,20-18-;. The van der Waals surface area contributed by atoms with Crippen LogP contribution in [0.4, 0.5) is 0 Å². The van der Waals surface area contributed by atoms with Crippen LogP contribution >= 0.6 is 0 Å². The van der Waals surface area contributed by atoms with Gasteiger partial charge in [0.2, 0.25) is 0 Å². The number of hydrogen-bond acceptors (Lipinski definition) is 4. The van der Waals surface area contributed by atoms with Crippen molar-refractivity contribution < 1.29 is 34.9 Å². The van der Waals surface area contributed by atoms with Gasteiger partial charge in [0.25, 0.3) is 0 Å². The van der Waals surface area contributed by atoms with Crippen LogP contribution in [0.25, 0.3) is 0 Å². The van der Waals surface area contributed by atoms with Gasteiger partial charge in [0.05, 0.1) is 0 Å². The normalized spacial score (nSPS) is 11.9. The first-order chi connectivity index (χ1) is 20.1. The second kappa shape index (κ2) is 32.8. The molecule has 0 N–H and O–H groups in total. The summed E-state index contributed by atoms with van der Waals surface area (Å²) in [6.45, 7) is 4.46. The third-order valence-electron chi connectivity index (χ3n) is 6.71. The molecule has 0 aliphatic rings. The van der Waals surface area contributed by atoms with Crippen molar-refractivity contribution in [2.75, 3.05) is 0 Å². The van der Waals surface area contributed by atoms with Crippen LogP contribution in [0.2, 0.25) is 0 Å². The van der Waals surface area contributed by atoms with Crippen LogP contribution in [0, 0.1) is 6.42 Å². The minimum absolute atomic E-state index is 0.237. The molecule has 0 spiro atoms. The van der Waals surface area contributed by atoms with E-state index in [1.54, 1.807) is 6.42 Å². The van der Waals surface area contributed by atoms with Gasteiger partial charge in [-0.3, -0.25) is 0 Å². The Kier molecular flexibility index (Phi) is 31.4. The maximum atomic E-state index is 12.0. The Balaban J connectivity index is 3.56. The van der Waals surface area contributed by atoms with E-state index in [0.717, 1.165) is 77.0 Å². The van der Waals surface area contributed by atoms with Crippen molar-refractivity contribution in [2.24, 2.45) is 0 Å². The summed E-state index contributed by atoms with van der Waals surface area (Å²) in [5.74, 6) is -1.19. The van der Waals surface area contributed by atoms with Gasteiger partial charge in [-0.1, -0.05) is 63.8 Å². The predicted octanol–water partition coefficient (Wildman–Crippen LogP) is 10.8. The SMILES string of the molecule is CCCCC/C=C\C/C=C\CCCCC[CH-][C](=[Fe+])C(=O)OOC(=O)CCCCCCC/C=C\C/C=C\CCCCC. The van der Waals surface area contributed by atoms with Gasteiger partial charge in [-0.15, -0.1) is 0 Å². The first kappa shape index (κ1) is 39.3. The van der Waals surface area contributed by atoms with E-state index in [-0.39, 0.29) is 10.8 Å². The number of unbranched alkanes of at least 4 members (excludes halogenated alkanes) is 15. The van der Waals surface area contributed by atoms with Gasteiger partial charge in [0.1, 0.15) is 0 Å². The van der Waals surface area contributed by atoms with Crippen molar-refractivity contribution >= 4 is 16.4 Å². The van der Waals surface area contributed by atoms with Gasteiger partial charge in [0.15, 0.2) is 0 Å². The molecular formula is C36H59FeO4. The number of rotatable bonds is 28. The van der Waals surface area contributed by atoms with Crippen LogP contribution in [-0.4, -0.2) is 16.4 Å². The van der Waals surface area contributed by atoms with E-state index in [2.05, 4.69) is 87.8 Å². The molecule has 0 rings (SSSR count). The fourth-order valence-electron chi connectivity index (χ4n) is 4.16. The molecule has 0 bridgehead atoms. The summed E-state index contributed by atoms with van der Waals surface area (Å²) in [6, 6.07) is 0. The van der Waals surface area contributed by atoms with Crippen molar-refractivity contribution in [3.05, 3.63) is 55.0 Å². The first-order valence-corrected chi connectivity index (χ1v) is 17.0. The van der Waals surface area contributed by atoms with Crippen LogP contribution in [-0.2, 0) is 34.9 Å². The van der Waals surface area contributed by atoms with Gasteiger partial charge in [0, 0.05) is 0 Å². The second-order valence-electron chi connectivity index (χ2n) is 10.7. The molecule has 0 aliphatic heterocycles. The fraction of sp³-hybridized carbons (Fsp3) is 0.667. The summed E-state index contributed by atoms with van der Waals surface area (Å²) in [4.78, 5) is 33.1. The average Bonchev–Trinajstić information content (AvgIpc) is 2.97. The van der Waals surface area contributed by atoms with E-state index >= 15 is 0 Å². The van der Waals surface area contributed by atoms with Gasteiger partial charge in [-0.05, 0) is 32.1 Å². The maximum absolute atomic E-state index is 12.0. The Morgan fingerprint density at radius 1 is 0.561 bits per heavy atom. The van der Waals surface area contributed by atoms with E-state index in [1.807, 2.05) is 0 Å². The van der Waals surface area contributed by atoms with Gasteiger partial charge in [-0.25, -0.2) is 0 Å². The number of carbonyl (C=O) groups excluding carboxylic acids is 2. The summed E-state index contributed by atoms with van der Waals surface area (Å²) in [5, 5.41) is 0. The zero-order valence-electron chi connectivity index (χ0n) is 26.2. The number of carbonyl (C=O) groups is 2. The van der Waals surface area contributed by atoms with Crippen molar-refractivity contribution in [1.82, 2.24) is 0 Å². The zero-order valence-corrected chi connectivity index (χ0v) is 27.3. The van der Waals surface area contributed by atoms with Crippen molar-refractivity contribution in [2.45, 2.75) is 155 Å². The summed E-state index contributed by atoms with van der Waals surface area (Å²) in [6.07, 6.45) is 43.6. The summed E-state index contributed by atoms with van der Waals surface area (Å²) in [5.41, 5.74) is 0. The molecule has 0 aliphatic carbocycles. The monoisotopic (exact) mass is 611 g/mol. The molecule has 41 heavy (non-hydrogen) atoms. The quantitative estimate of drug-likeness (QED) is 0.0221. The van der Waals surface area contributed by atoms with Gasteiger partial charge >= 0.3 is 165 Å². The van der Waals surface area contributed by atoms with E-state index in [4.69, 9.17) is 0 Å². The summed E-state index contributed by atoms with van der Waals surface area (Å²) < 4.78 is 0.237. The number of hydrogen-bond donors (Lipinski definition) is 0. The van der Waals surface area contributed by atoms with Crippen LogP contribution in [0.3, 0.4) is 0 Å². The Morgan fingerprint density at radius 3 is 1.51 bits per heavy atom. The molecule has 4 nitrogen and oxygen atoms in total. The minimum atomic E-state index is -0.691. The molecule has 0 saturated carbocycles. The molecule has 235 valence electrons. The summed E-state index contributed by atoms with van der Waals surface area (Å²) in [7, 11) is 0. The molecule has 0 aromatic rings. The van der Waals surface area contributed by atoms with Gasteiger partial charge < -0.3 is 0 Å². The predicted molar refractivity (Wildman–Crippen MR) is 171 cm³/mol. The molecule has 0 saturated heterocycles. The van der Waals surface area contributed by atoms with Crippen molar-refractivity contribution in [3.8, 4) is 0 Å². The van der Waals surface area contributed by atoms with Crippen LogP contribution < -0.4 is 0 Å². The molecule has 0 unspecified atom stereocenters. The third-order valence-corrected chi connectivity index (χ3v) is 7.16. The smallest absolute Gasteiger partial charge is 0.0882 e. The molecule has 0 radical (unpaired) electrons. The number of allylic oxidation sites excluding steroid dienone is 8. The average molecular weight is 612 g/mol. The van der Waals surface area contributed by atoms with Crippen LogP contribution in [0.1, 0.15) is 155 Å². The van der Waals surface area contributed by atoms with E-state index < -0.39 is 11.9 Å². The Morgan fingerprint density at radius 2 is 1.00 bits per heavy atom. The van der Waals surface area contributed by atoms with Crippen LogP contribution in [0.15, 0.2) is 48.6 Å². The molecule has 0 amide bonds. The van der Waals surface area contributed by atoms with E-state index in [9.17, 15) is 9.59 Å². The topological polar surface area (TPSA) is 52.6 Å². The Hall–Kier alpha value is -1.71. The molecular weight excluding hydrogens is 552 g/mol. The molecule has 0 atom stereocenters. The molecule has 0 fully saturated rings. The Labute approximate surface area is 260 Å². The van der Waals surface area contributed by atoms with Crippen molar-refractivity contribution in [3.63, 3.8) is 0 Å². The molecule has 0 aromatic heterocycles. The minimum Gasteiger partial charge on any atom is -0.0882 e. The second-order valence-corrected chi connectivity index (χ2v) is 11.3. The first-order valence-electron chi connectivity index (χ1n) is 16.5. The van der Waals surface area contributed by atoms with Crippen LogP contribution in [0.5, 0.6) is 0 Å². The van der Waals surface area contributed by atoms with E-state index in [0.29, 0.717) is 0 Å². The third kappa shape index (κ3) is 31.1. The fourth-order valence-corrected chi connectivity index (χ4v) is 4.36. The molecule has 5 heteroatoms. The van der Waals surface area contributed by atoms with Gasteiger partial charge in [-0.2, -0.15) is 0 Å². The molecule has 0 heterocycles. The molecule has 0 aromatic carbocycles.